The summed E-state index contributed by atoms with van der Waals surface area (Å²) in [7, 11) is -1.14. The number of benzene rings is 1. The van der Waals surface area contributed by atoms with Crippen LogP contribution in [0.1, 0.15) is 18.9 Å². The average molecular weight is 268 g/mol. The topological polar surface area (TPSA) is 72.2 Å². The van der Waals surface area contributed by atoms with E-state index in [0.29, 0.717) is 12.2 Å². The normalized spacial score (nSPS) is 13.9. The lowest BCUT2D eigenvalue weighted by molar-refractivity contribution is -0.113. The van der Waals surface area contributed by atoms with Gasteiger partial charge >= 0.3 is 0 Å². The maximum Gasteiger partial charge on any atom is 0.236 e. The number of carbonyl (C=O) groups excluding carboxylic acids is 1. The van der Waals surface area contributed by atoms with E-state index in [4.69, 9.17) is 5.73 Å². The summed E-state index contributed by atoms with van der Waals surface area (Å²) in [6, 6.07) is 7.54. The molecule has 5 heteroatoms. The lowest BCUT2D eigenvalue weighted by Gasteiger charge is -2.07. The second-order valence-electron chi connectivity index (χ2n) is 4.47. The number of nitrogens with two attached hydrogens (primary N) is 1. The van der Waals surface area contributed by atoms with Crippen molar-refractivity contribution in [2.24, 2.45) is 5.73 Å². The molecule has 0 aliphatic carbocycles. The van der Waals surface area contributed by atoms with Gasteiger partial charge in [-0.1, -0.05) is 12.1 Å². The van der Waals surface area contributed by atoms with Crippen LogP contribution in [-0.4, -0.2) is 27.7 Å². The molecule has 100 valence electrons. The van der Waals surface area contributed by atoms with Crippen molar-refractivity contribution in [2.45, 2.75) is 26.3 Å². The number of amides is 1. The molecule has 3 N–H and O–H groups in total. The summed E-state index contributed by atoms with van der Waals surface area (Å²) in [5.74, 6) is 0.281. The summed E-state index contributed by atoms with van der Waals surface area (Å²) >= 11 is 0. The first-order valence-electron chi connectivity index (χ1n) is 5.94. The first-order valence-corrected chi connectivity index (χ1v) is 7.43. The van der Waals surface area contributed by atoms with Crippen molar-refractivity contribution in [2.75, 3.05) is 16.8 Å². The third kappa shape index (κ3) is 5.93. The zero-order valence-electron chi connectivity index (χ0n) is 10.8. The summed E-state index contributed by atoms with van der Waals surface area (Å²) < 4.78 is 11.6. The van der Waals surface area contributed by atoms with Gasteiger partial charge in [0.1, 0.15) is 5.75 Å². The van der Waals surface area contributed by atoms with Gasteiger partial charge in [-0.3, -0.25) is 9.00 Å². The molecule has 0 aliphatic heterocycles. The minimum absolute atomic E-state index is 0.0220. The Morgan fingerprint density at radius 3 is 2.83 bits per heavy atom. The second-order valence-corrected chi connectivity index (χ2v) is 6.05. The third-order valence-electron chi connectivity index (χ3n) is 2.39. The molecule has 1 aromatic rings. The van der Waals surface area contributed by atoms with Crippen LogP contribution in [0.4, 0.5) is 5.69 Å². The summed E-state index contributed by atoms with van der Waals surface area (Å²) in [5.41, 5.74) is 7.39. The molecule has 1 amide bonds. The van der Waals surface area contributed by atoms with Gasteiger partial charge in [0.15, 0.2) is 0 Å². The van der Waals surface area contributed by atoms with Crippen molar-refractivity contribution < 1.29 is 9.00 Å². The standard InChI is InChI=1S/C13H20N2O2S/c1-10-4-3-5-12(8-10)15-13(16)9-18(17)7-6-11(2)14/h3-5,8,11H,6-7,9,14H2,1-2H3,(H,15,16). The van der Waals surface area contributed by atoms with Gasteiger partial charge in [-0.25, -0.2) is 0 Å². The molecule has 4 nitrogen and oxygen atoms in total. The van der Waals surface area contributed by atoms with Crippen molar-refractivity contribution in [3.05, 3.63) is 29.8 Å². The SMILES string of the molecule is Cc1cccc(NC(=O)CS(=O)CCC(C)N)c1. The Balaban J connectivity index is 2.40. The molecule has 0 bridgehead atoms. The predicted molar refractivity (Wildman–Crippen MR) is 76.0 cm³/mol. The number of aryl methyl sites for hydroxylation is 1. The summed E-state index contributed by atoms with van der Waals surface area (Å²) in [6.07, 6.45) is 0.671. The summed E-state index contributed by atoms with van der Waals surface area (Å²) in [6.45, 7) is 3.82. The van der Waals surface area contributed by atoms with E-state index in [0.717, 1.165) is 11.3 Å². The fraction of sp³-hybridized carbons (Fsp3) is 0.462. The van der Waals surface area contributed by atoms with E-state index in [1.807, 2.05) is 38.1 Å². The van der Waals surface area contributed by atoms with Crippen molar-refractivity contribution in [1.29, 1.82) is 0 Å². The van der Waals surface area contributed by atoms with Crippen LogP contribution in [0.15, 0.2) is 24.3 Å². The second kappa shape index (κ2) is 7.28. The molecule has 0 aliphatic rings. The van der Waals surface area contributed by atoms with E-state index in [1.54, 1.807) is 0 Å². The molecule has 0 aromatic heterocycles. The highest BCUT2D eigenvalue weighted by atomic mass is 32.2. The van der Waals surface area contributed by atoms with Gasteiger partial charge in [0.2, 0.25) is 5.91 Å². The fourth-order valence-electron chi connectivity index (χ4n) is 1.46. The van der Waals surface area contributed by atoms with Crippen molar-refractivity contribution in [1.82, 2.24) is 0 Å². The van der Waals surface area contributed by atoms with E-state index >= 15 is 0 Å². The van der Waals surface area contributed by atoms with Gasteiger partial charge in [0.05, 0.1) is 0 Å². The first kappa shape index (κ1) is 14.9. The predicted octanol–water partition coefficient (Wildman–Crippen LogP) is 1.42. The third-order valence-corrected chi connectivity index (χ3v) is 3.67. The summed E-state index contributed by atoms with van der Waals surface area (Å²) in [5, 5.41) is 2.74. The smallest absolute Gasteiger partial charge is 0.236 e. The Morgan fingerprint density at radius 1 is 1.50 bits per heavy atom. The molecule has 0 radical (unpaired) electrons. The molecule has 0 spiro atoms. The number of hydrogen-bond donors (Lipinski definition) is 2. The average Bonchev–Trinajstić information content (AvgIpc) is 2.26. The molecule has 2 unspecified atom stereocenters. The Morgan fingerprint density at radius 2 is 2.22 bits per heavy atom. The van der Waals surface area contributed by atoms with Gasteiger partial charge < -0.3 is 11.1 Å². The van der Waals surface area contributed by atoms with Crippen LogP contribution >= 0.6 is 0 Å². The van der Waals surface area contributed by atoms with E-state index in [2.05, 4.69) is 5.32 Å². The van der Waals surface area contributed by atoms with Crippen molar-refractivity contribution in [3.63, 3.8) is 0 Å². The van der Waals surface area contributed by atoms with Gasteiger partial charge in [0.25, 0.3) is 0 Å². The van der Waals surface area contributed by atoms with Crippen LogP contribution in [-0.2, 0) is 15.6 Å². The zero-order valence-corrected chi connectivity index (χ0v) is 11.6. The quantitative estimate of drug-likeness (QED) is 0.819. The van der Waals surface area contributed by atoms with E-state index in [1.165, 1.54) is 0 Å². The molecule has 1 aromatic carbocycles. The molecule has 18 heavy (non-hydrogen) atoms. The minimum Gasteiger partial charge on any atom is -0.328 e. The maximum absolute atomic E-state index is 11.6. The Labute approximate surface area is 110 Å². The highest BCUT2D eigenvalue weighted by Crippen LogP contribution is 2.09. The van der Waals surface area contributed by atoms with Crippen LogP contribution < -0.4 is 11.1 Å². The van der Waals surface area contributed by atoms with Crippen LogP contribution in [0.2, 0.25) is 0 Å². The molecule has 2 atom stereocenters. The van der Waals surface area contributed by atoms with Gasteiger partial charge in [-0.15, -0.1) is 0 Å². The van der Waals surface area contributed by atoms with E-state index < -0.39 is 10.8 Å². The molecule has 0 saturated carbocycles. The van der Waals surface area contributed by atoms with Gasteiger partial charge in [-0.05, 0) is 38.0 Å². The Bertz CT molecular complexity index is 433. The minimum atomic E-state index is -1.14. The number of hydrogen-bond acceptors (Lipinski definition) is 3. The van der Waals surface area contributed by atoms with E-state index in [9.17, 15) is 9.00 Å². The lowest BCUT2D eigenvalue weighted by Crippen LogP contribution is -2.23. The first-order chi connectivity index (χ1) is 8.47. The number of rotatable bonds is 6. The monoisotopic (exact) mass is 268 g/mol. The van der Waals surface area contributed by atoms with Gasteiger partial charge in [-0.2, -0.15) is 0 Å². The number of nitrogens with one attached hydrogen (secondary N) is 1. The largest absolute Gasteiger partial charge is 0.328 e. The van der Waals surface area contributed by atoms with Crippen LogP contribution in [0.3, 0.4) is 0 Å². The van der Waals surface area contributed by atoms with Crippen LogP contribution in [0.5, 0.6) is 0 Å². The molecular formula is C13H20N2O2S. The Hall–Kier alpha value is -1.20. The number of carbonyl (C=O) groups is 1. The van der Waals surface area contributed by atoms with Crippen molar-refractivity contribution in [3.8, 4) is 0 Å². The molecule has 0 saturated heterocycles. The maximum atomic E-state index is 11.6. The fourth-order valence-corrected chi connectivity index (χ4v) is 2.60. The van der Waals surface area contributed by atoms with Crippen LogP contribution in [0, 0.1) is 6.92 Å². The van der Waals surface area contributed by atoms with Gasteiger partial charge in [0, 0.05) is 28.3 Å². The number of anilines is 1. The highest BCUT2D eigenvalue weighted by Gasteiger charge is 2.09. The van der Waals surface area contributed by atoms with Crippen molar-refractivity contribution >= 4 is 22.4 Å². The van der Waals surface area contributed by atoms with E-state index in [-0.39, 0.29) is 17.7 Å². The Kier molecular flexibility index (Phi) is 6.01. The van der Waals surface area contributed by atoms with Crippen LogP contribution in [0.25, 0.3) is 0 Å². The molecule has 0 fully saturated rings. The summed E-state index contributed by atoms with van der Waals surface area (Å²) in [4.78, 5) is 11.6. The lowest BCUT2D eigenvalue weighted by atomic mass is 10.2. The molecule has 1 rings (SSSR count). The molecule has 0 heterocycles. The highest BCUT2D eigenvalue weighted by molar-refractivity contribution is 7.85. The zero-order chi connectivity index (χ0) is 13.5. The molecular weight excluding hydrogens is 248 g/mol.